The Labute approximate surface area is 225 Å². The van der Waals surface area contributed by atoms with E-state index in [1.807, 2.05) is 24.1 Å². The summed E-state index contributed by atoms with van der Waals surface area (Å²) in [5.74, 6) is -1.19. The highest BCUT2D eigenvalue weighted by Crippen LogP contribution is 2.38. The van der Waals surface area contributed by atoms with Crippen molar-refractivity contribution in [2.45, 2.75) is 6.42 Å². The molecule has 1 fully saturated rings. The second kappa shape index (κ2) is 10.7. The molecule has 2 heterocycles. The number of carbonyl (C=O) groups excluding carboxylic acids is 2. The van der Waals surface area contributed by atoms with E-state index in [0.29, 0.717) is 63.0 Å². The van der Waals surface area contributed by atoms with Gasteiger partial charge in [-0.2, -0.15) is 0 Å². The van der Waals surface area contributed by atoms with E-state index in [1.54, 1.807) is 54.6 Å². The Morgan fingerprint density at radius 1 is 0.947 bits per heavy atom. The van der Waals surface area contributed by atoms with Gasteiger partial charge < -0.3 is 25.5 Å². The highest BCUT2D eigenvalue weighted by Gasteiger charge is 2.29. The number of carbonyl (C=O) groups is 3. The van der Waals surface area contributed by atoms with Gasteiger partial charge in [-0.15, -0.1) is 0 Å². The Balaban J connectivity index is 1.48. The summed E-state index contributed by atoms with van der Waals surface area (Å²) in [6.45, 7) is 3.09. The SMILES string of the molecule is CN1CCN(C(=O)c2ccc(NC(=C3C(=O)Nc4cc(Cl)ccc43)c3ccc(CC(=O)O)cc3)cc2)CC1. The van der Waals surface area contributed by atoms with Crippen LogP contribution in [0.4, 0.5) is 11.4 Å². The van der Waals surface area contributed by atoms with Crippen LogP contribution in [0.25, 0.3) is 11.3 Å². The van der Waals surface area contributed by atoms with Crippen LogP contribution < -0.4 is 10.6 Å². The molecule has 2 amide bonds. The number of hydrogen-bond acceptors (Lipinski definition) is 5. The lowest BCUT2D eigenvalue weighted by Crippen LogP contribution is -2.47. The molecule has 3 N–H and O–H groups in total. The number of aliphatic carboxylic acids is 1. The molecule has 38 heavy (non-hydrogen) atoms. The van der Waals surface area contributed by atoms with Crippen molar-refractivity contribution in [1.82, 2.24) is 9.80 Å². The molecule has 0 aromatic heterocycles. The zero-order valence-corrected chi connectivity index (χ0v) is 21.6. The molecule has 0 saturated carbocycles. The Morgan fingerprint density at radius 2 is 1.61 bits per heavy atom. The van der Waals surface area contributed by atoms with Crippen molar-refractivity contribution in [2.24, 2.45) is 0 Å². The number of anilines is 2. The van der Waals surface area contributed by atoms with Crippen LogP contribution in [0.2, 0.25) is 5.02 Å². The van der Waals surface area contributed by atoms with Gasteiger partial charge in [-0.1, -0.05) is 41.9 Å². The average Bonchev–Trinajstić information content (AvgIpc) is 3.22. The second-order valence-corrected chi connectivity index (χ2v) is 9.90. The van der Waals surface area contributed by atoms with E-state index >= 15 is 0 Å². The molecule has 5 rings (SSSR count). The summed E-state index contributed by atoms with van der Waals surface area (Å²) in [6.07, 6.45) is -0.0930. The maximum Gasteiger partial charge on any atom is 0.307 e. The molecule has 9 heteroatoms. The molecule has 0 bridgehead atoms. The second-order valence-electron chi connectivity index (χ2n) is 9.46. The molecule has 0 aliphatic carbocycles. The van der Waals surface area contributed by atoms with Crippen molar-refractivity contribution < 1.29 is 19.5 Å². The first-order valence-electron chi connectivity index (χ1n) is 12.3. The molecule has 2 aliphatic heterocycles. The van der Waals surface area contributed by atoms with Crippen molar-refractivity contribution in [2.75, 3.05) is 43.9 Å². The van der Waals surface area contributed by atoms with E-state index in [1.165, 1.54) is 0 Å². The van der Waals surface area contributed by atoms with Crippen LogP contribution in [-0.2, 0) is 16.0 Å². The minimum absolute atomic E-state index is 0.00164. The standard InChI is InChI=1S/C29H27ClN4O4/c1-33-12-14-34(15-13-33)29(38)20-6-9-22(10-7-20)31-27(19-4-2-18(3-5-19)16-25(35)36)26-23-11-8-21(30)17-24(23)32-28(26)37/h2-11,17,31H,12-16H2,1H3,(H,32,37)(H,35,36). The predicted octanol–water partition coefficient (Wildman–Crippen LogP) is 4.29. The molecule has 194 valence electrons. The first-order chi connectivity index (χ1) is 18.3. The molecule has 3 aromatic rings. The van der Waals surface area contributed by atoms with Gasteiger partial charge in [0.05, 0.1) is 23.4 Å². The summed E-state index contributed by atoms with van der Waals surface area (Å²) >= 11 is 6.14. The number of carboxylic acids is 1. The average molecular weight is 531 g/mol. The number of piperazine rings is 1. The zero-order valence-electron chi connectivity index (χ0n) is 20.8. The number of nitrogens with one attached hydrogen (secondary N) is 2. The topological polar surface area (TPSA) is 102 Å². The fraction of sp³-hybridized carbons (Fsp3) is 0.207. The minimum atomic E-state index is -0.915. The van der Waals surface area contributed by atoms with Gasteiger partial charge in [0.25, 0.3) is 11.8 Å². The van der Waals surface area contributed by atoms with E-state index in [-0.39, 0.29) is 18.2 Å². The Bertz CT molecular complexity index is 1430. The number of carboxylic acid groups (broad SMARTS) is 1. The third kappa shape index (κ3) is 5.41. The highest BCUT2D eigenvalue weighted by atomic mass is 35.5. The maximum atomic E-state index is 13.1. The largest absolute Gasteiger partial charge is 0.481 e. The van der Waals surface area contributed by atoms with Crippen LogP contribution in [0.3, 0.4) is 0 Å². The smallest absolute Gasteiger partial charge is 0.307 e. The molecular formula is C29H27ClN4O4. The van der Waals surface area contributed by atoms with Crippen LogP contribution in [0.5, 0.6) is 0 Å². The number of amides is 2. The molecule has 0 spiro atoms. The van der Waals surface area contributed by atoms with Crippen molar-refractivity contribution in [3.8, 4) is 0 Å². The van der Waals surface area contributed by atoms with Gasteiger partial charge in [0.15, 0.2) is 0 Å². The first-order valence-corrected chi connectivity index (χ1v) is 12.7. The quantitative estimate of drug-likeness (QED) is 0.411. The minimum Gasteiger partial charge on any atom is -0.481 e. The summed E-state index contributed by atoms with van der Waals surface area (Å²) in [7, 11) is 2.05. The number of benzene rings is 3. The number of rotatable bonds is 6. The normalized spacial score (nSPS) is 16.6. The third-order valence-corrected chi connectivity index (χ3v) is 7.00. The van der Waals surface area contributed by atoms with E-state index in [9.17, 15) is 14.4 Å². The van der Waals surface area contributed by atoms with Gasteiger partial charge in [-0.05, 0) is 54.6 Å². The molecular weight excluding hydrogens is 504 g/mol. The van der Waals surface area contributed by atoms with Crippen molar-refractivity contribution >= 4 is 52.0 Å². The molecule has 8 nitrogen and oxygen atoms in total. The van der Waals surface area contributed by atoms with Crippen molar-refractivity contribution in [3.63, 3.8) is 0 Å². The van der Waals surface area contributed by atoms with Crippen LogP contribution in [0.1, 0.15) is 27.0 Å². The van der Waals surface area contributed by atoms with Crippen molar-refractivity contribution in [1.29, 1.82) is 0 Å². The van der Waals surface area contributed by atoms with E-state index in [2.05, 4.69) is 15.5 Å². The fourth-order valence-corrected chi connectivity index (χ4v) is 4.84. The molecule has 2 aliphatic rings. The van der Waals surface area contributed by atoms with Gasteiger partial charge in [-0.3, -0.25) is 14.4 Å². The van der Waals surface area contributed by atoms with Crippen LogP contribution in [-0.4, -0.2) is 65.9 Å². The predicted molar refractivity (Wildman–Crippen MR) is 148 cm³/mol. The van der Waals surface area contributed by atoms with Gasteiger partial charge in [0, 0.05) is 48.0 Å². The van der Waals surface area contributed by atoms with Gasteiger partial charge >= 0.3 is 5.97 Å². The third-order valence-electron chi connectivity index (χ3n) is 6.77. The van der Waals surface area contributed by atoms with Crippen LogP contribution in [0, 0.1) is 0 Å². The van der Waals surface area contributed by atoms with Gasteiger partial charge in [-0.25, -0.2) is 0 Å². The molecule has 0 radical (unpaired) electrons. The summed E-state index contributed by atoms with van der Waals surface area (Å²) < 4.78 is 0. The summed E-state index contributed by atoms with van der Waals surface area (Å²) in [6, 6.07) is 19.5. The summed E-state index contributed by atoms with van der Waals surface area (Å²) in [4.78, 5) is 41.3. The van der Waals surface area contributed by atoms with Crippen LogP contribution in [0.15, 0.2) is 66.7 Å². The van der Waals surface area contributed by atoms with E-state index < -0.39 is 5.97 Å². The summed E-state index contributed by atoms with van der Waals surface area (Å²) in [5.41, 5.74) is 5.00. The summed E-state index contributed by atoms with van der Waals surface area (Å²) in [5, 5.41) is 15.9. The lowest BCUT2D eigenvalue weighted by Gasteiger charge is -2.32. The molecule has 0 unspecified atom stereocenters. The van der Waals surface area contributed by atoms with Crippen molar-refractivity contribution in [3.05, 3.63) is 94.0 Å². The molecule has 1 saturated heterocycles. The van der Waals surface area contributed by atoms with Gasteiger partial charge in [0.1, 0.15) is 0 Å². The Kier molecular flexibility index (Phi) is 7.18. The fourth-order valence-electron chi connectivity index (χ4n) is 4.67. The number of nitrogens with zero attached hydrogens (tertiary/aromatic N) is 2. The number of hydrogen-bond donors (Lipinski definition) is 3. The first kappa shape index (κ1) is 25.5. The van der Waals surface area contributed by atoms with Crippen LogP contribution >= 0.6 is 11.6 Å². The molecule has 3 aromatic carbocycles. The Hall–Kier alpha value is -4.14. The number of likely N-dealkylation sites (N-methyl/N-ethyl adjacent to an activating group) is 1. The Morgan fingerprint density at radius 3 is 2.26 bits per heavy atom. The number of halogens is 1. The lowest BCUT2D eigenvalue weighted by molar-refractivity contribution is -0.136. The highest BCUT2D eigenvalue weighted by molar-refractivity contribution is 6.38. The zero-order chi connectivity index (χ0) is 26.8. The maximum absolute atomic E-state index is 13.1. The lowest BCUT2D eigenvalue weighted by atomic mass is 9.98. The number of fused-ring (bicyclic) bond motifs is 1. The van der Waals surface area contributed by atoms with E-state index in [4.69, 9.17) is 16.7 Å². The monoisotopic (exact) mass is 530 g/mol. The molecule has 0 atom stereocenters. The van der Waals surface area contributed by atoms with E-state index in [0.717, 1.165) is 13.1 Å². The van der Waals surface area contributed by atoms with Gasteiger partial charge in [0.2, 0.25) is 0 Å².